The topological polar surface area (TPSA) is 41.6 Å². The Hall–Kier alpha value is -1.55. The number of carbonyl (C=O) groups excluding carboxylic acids is 1. The predicted octanol–water partition coefficient (Wildman–Crippen LogP) is 2.66. The van der Waals surface area contributed by atoms with Gasteiger partial charge in [-0.2, -0.15) is 0 Å². The van der Waals surface area contributed by atoms with E-state index >= 15 is 0 Å². The molecule has 0 radical (unpaired) electrons. The molecule has 1 saturated heterocycles. The molecule has 2 bridgehead atoms. The van der Waals surface area contributed by atoms with E-state index in [2.05, 4.69) is 29.3 Å². The van der Waals surface area contributed by atoms with Gasteiger partial charge < -0.3 is 10.1 Å². The van der Waals surface area contributed by atoms with Crippen LogP contribution in [-0.2, 0) is 0 Å². The van der Waals surface area contributed by atoms with Gasteiger partial charge in [-0.3, -0.25) is 4.90 Å². The first-order chi connectivity index (χ1) is 9.22. The Morgan fingerprint density at radius 1 is 1.47 bits per heavy atom. The Morgan fingerprint density at radius 3 is 3.05 bits per heavy atom. The first-order valence-corrected chi connectivity index (χ1v) is 7.00. The van der Waals surface area contributed by atoms with Crippen LogP contribution in [0.25, 0.3) is 0 Å². The number of amides is 1. The number of nitrogens with zero attached hydrogens (tertiary/aromatic N) is 1. The Balaban J connectivity index is 1.89. The molecule has 1 fully saturated rings. The van der Waals surface area contributed by atoms with E-state index in [1.165, 1.54) is 30.5 Å². The summed E-state index contributed by atoms with van der Waals surface area (Å²) >= 11 is 0. The van der Waals surface area contributed by atoms with E-state index in [9.17, 15) is 4.79 Å². The summed E-state index contributed by atoms with van der Waals surface area (Å²) in [4.78, 5) is 13.8. The molecule has 102 valence electrons. The van der Waals surface area contributed by atoms with Gasteiger partial charge in [0.25, 0.3) is 0 Å². The summed E-state index contributed by atoms with van der Waals surface area (Å²) in [5.41, 5.74) is 2.80. The summed E-state index contributed by atoms with van der Waals surface area (Å²) in [6.07, 6.45) is 2.02. The highest BCUT2D eigenvalue weighted by atomic mass is 16.5. The van der Waals surface area contributed by atoms with Gasteiger partial charge in [0.2, 0.25) is 0 Å². The number of piperidine rings is 1. The quantitative estimate of drug-likeness (QED) is 0.889. The molecule has 2 atom stereocenters. The maximum absolute atomic E-state index is 11.3. The molecule has 3 rings (SSSR count). The minimum absolute atomic E-state index is 0.406. The van der Waals surface area contributed by atoms with E-state index in [0.29, 0.717) is 17.7 Å². The van der Waals surface area contributed by atoms with Crippen LogP contribution in [0.4, 0.5) is 4.79 Å². The molecule has 1 aromatic carbocycles. The van der Waals surface area contributed by atoms with Gasteiger partial charge in [-0.25, -0.2) is 4.79 Å². The zero-order valence-corrected chi connectivity index (χ0v) is 11.5. The van der Waals surface area contributed by atoms with Crippen LogP contribution < -0.4 is 10.1 Å². The van der Waals surface area contributed by atoms with Gasteiger partial charge >= 0.3 is 6.09 Å². The Labute approximate surface area is 113 Å². The van der Waals surface area contributed by atoms with Crippen molar-refractivity contribution in [1.82, 2.24) is 10.2 Å². The molecular weight excluding hydrogens is 240 g/mol. The van der Waals surface area contributed by atoms with Gasteiger partial charge in [0.1, 0.15) is 5.75 Å². The third-order valence-corrected chi connectivity index (χ3v) is 4.39. The van der Waals surface area contributed by atoms with Crippen molar-refractivity contribution in [2.24, 2.45) is 0 Å². The maximum atomic E-state index is 11.3. The lowest BCUT2D eigenvalue weighted by atomic mass is 9.95. The fourth-order valence-electron chi connectivity index (χ4n) is 3.43. The first-order valence-electron chi connectivity index (χ1n) is 7.00. The van der Waals surface area contributed by atoms with Gasteiger partial charge in [-0.1, -0.05) is 13.0 Å². The lowest BCUT2D eigenvalue weighted by Crippen LogP contribution is -2.31. The summed E-state index contributed by atoms with van der Waals surface area (Å²) in [6.45, 7) is 4.50. The normalized spacial score (nSPS) is 24.9. The summed E-state index contributed by atoms with van der Waals surface area (Å²) in [5.74, 6) is 1.28. The highest BCUT2D eigenvalue weighted by Crippen LogP contribution is 2.49. The third-order valence-electron chi connectivity index (χ3n) is 4.39. The molecule has 2 aliphatic rings. The second kappa shape index (κ2) is 4.85. The number of hydrogen-bond donors (Lipinski definition) is 1. The zero-order valence-electron chi connectivity index (χ0n) is 11.5. The fourth-order valence-corrected chi connectivity index (χ4v) is 3.43. The summed E-state index contributed by atoms with van der Waals surface area (Å²) in [5, 5.41) is 2.47. The monoisotopic (exact) mass is 260 g/mol. The second-order valence-corrected chi connectivity index (χ2v) is 5.30. The Bertz CT molecular complexity index is 501. The lowest BCUT2D eigenvalue weighted by Gasteiger charge is -2.32. The zero-order chi connectivity index (χ0) is 13.4. The number of fused-ring (bicyclic) bond motifs is 5. The van der Waals surface area contributed by atoms with Crippen LogP contribution in [0.1, 0.15) is 42.9 Å². The van der Waals surface area contributed by atoms with Crippen molar-refractivity contribution in [3.8, 4) is 5.75 Å². The number of benzene rings is 1. The number of nitrogens with one attached hydrogen (secondary N) is 1. The number of likely N-dealkylation sites (tertiary alicyclic amines) is 1. The molecule has 1 amide bonds. The maximum Gasteiger partial charge on any atom is 0.412 e. The minimum atomic E-state index is -0.406. The SMILES string of the molecule is CCN1CC[C@@H]2C[C@H]1c1ccc(OC(=O)NC)cc12. The van der Waals surface area contributed by atoms with Crippen molar-refractivity contribution in [2.45, 2.75) is 31.7 Å². The van der Waals surface area contributed by atoms with Gasteiger partial charge in [0, 0.05) is 13.1 Å². The lowest BCUT2D eigenvalue weighted by molar-refractivity contribution is 0.161. The number of carbonyl (C=O) groups is 1. The van der Waals surface area contributed by atoms with Crippen molar-refractivity contribution in [3.63, 3.8) is 0 Å². The predicted molar refractivity (Wildman–Crippen MR) is 73.5 cm³/mol. The van der Waals surface area contributed by atoms with Gasteiger partial charge in [0.15, 0.2) is 0 Å². The molecule has 4 heteroatoms. The third kappa shape index (κ3) is 2.10. The van der Waals surface area contributed by atoms with Crippen molar-refractivity contribution < 1.29 is 9.53 Å². The van der Waals surface area contributed by atoms with Gasteiger partial charge in [-0.15, -0.1) is 0 Å². The molecule has 4 nitrogen and oxygen atoms in total. The van der Waals surface area contributed by atoms with Crippen LogP contribution in [0, 0.1) is 0 Å². The highest BCUT2D eigenvalue weighted by Gasteiger charge is 2.38. The van der Waals surface area contributed by atoms with Crippen LogP contribution >= 0.6 is 0 Å². The van der Waals surface area contributed by atoms with Crippen molar-refractivity contribution >= 4 is 6.09 Å². The first kappa shape index (κ1) is 12.5. The Kier molecular flexibility index (Phi) is 3.19. The molecule has 19 heavy (non-hydrogen) atoms. The average molecular weight is 260 g/mol. The minimum Gasteiger partial charge on any atom is -0.410 e. The van der Waals surface area contributed by atoms with Crippen LogP contribution in [-0.4, -0.2) is 31.1 Å². The molecule has 0 unspecified atom stereocenters. The van der Waals surface area contributed by atoms with Crippen LogP contribution in [0.5, 0.6) is 5.75 Å². The molecular formula is C15H20N2O2. The summed E-state index contributed by atoms with van der Waals surface area (Å²) in [6, 6.07) is 6.65. The second-order valence-electron chi connectivity index (χ2n) is 5.30. The summed E-state index contributed by atoms with van der Waals surface area (Å²) < 4.78 is 5.23. The molecule has 1 heterocycles. The van der Waals surface area contributed by atoms with E-state index in [4.69, 9.17) is 4.74 Å². The standard InChI is InChI=1S/C15H20N2O2/c1-3-17-7-6-10-8-14(17)12-5-4-11(9-13(10)12)19-15(18)16-2/h4-5,9-10,14H,3,6-8H2,1-2H3,(H,16,18)/t10-,14+/m1/s1. The van der Waals surface area contributed by atoms with Gasteiger partial charge in [-0.05, 0) is 55.1 Å². The number of hydrogen-bond acceptors (Lipinski definition) is 3. The van der Waals surface area contributed by atoms with Gasteiger partial charge in [0.05, 0.1) is 0 Å². The van der Waals surface area contributed by atoms with E-state index in [-0.39, 0.29) is 0 Å². The average Bonchev–Trinajstić information content (AvgIpc) is 2.73. The molecule has 0 saturated carbocycles. The fraction of sp³-hybridized carbons (Fsp3) is 0.533. The van der Waals surface area contributed by atoms with Crippen LogP contribution in [0.15, 0.2) is 18.2 Å². The smallest absolute Gasteiger partial charge is 0.410 e. The van der Waals surface area contributed by atoms with E-state index in [0.717, 1.165) is 6.54 Å². The highest BCUT2D eigenvalue weighted by molar-refractivity contribution is 5.70. The van der Waals surface area contributed by atoms with Crippen molar-refractivity contribution in [1.29, 1.82) is 0 Å². The van der Waals surface area contributed by atoms with Crippen molar-refractivity contribution in [2.75, 3.05) is 20.1 Å². The van der Waals surface area contributed by atoms with E-state index < -0.39 is 6.09 Å². The molecule has 0 spiro atoms. The largest absolute Gasteiger partial charge is 0.412 e. The van der Waals surface area contributed by atoms with Crippen LogP contribution in [0.2, 0.25) is 0 Å². The van der Waals surface area contributed by atoms with E-state index in [1.807, 2.05) is 6.07 Å². The number of ether oxygens (including phenoxy) is 1. The molecule has 1 N–H and O–H groups in total. The number of rotatable bonds is 2. The Morgan fingerprint density at radius 2 is 2.32 bits per heavy atom. The molecule has 1 aliphatic carbocycles. The molecule has 1 aliphatic heterocycles. The summed E-state index contributed by atoms with van der Waals surface area (Å²) in [7, 11) is 1.57. The van der Waals surface area contributed by atoms with Crippen LogP contribution in [0.3, 0.4) is 0 Å². The molecule has 0 aromatic heterocycles. The van der Waals surface area contributed by atoms with E-state index in [1.54, 1.807) is 7.05 Å². The molecule has 1 aromatic rings. The van der Waals surface area contributed by atoms with Crippen molar-refractivity contribution in [3.05, 3.63) is 29.3 Å².